The molecule has 1 atom stereocenters. The van der Waals surface area contributed by atoms with Crippen LogP contribution >= 0.6 is 0 Å². The predicted molar refractivity (Wildman–Crippen MR) is 67.0 cm³/mol. The molecule has 1 saturated heterocycles. The fourth-order valence-corrected chi connectivity index (χ4v) is 1.77. The number of carbonyl (C=O) groups excluding carboxylic acids is 3. The first-order valence-corrected chi connectivity index (χ1v) is 5.63. The molecule has 0 spiro atoms. The van der Waals surface area contributed by atoms with E-state index < -0.39 is 17.9 Å². The maximum Gasteiger partial charge on any atom is 0.250 e. The number of aromatic nitrogens is 1. The summed E-state index contributed by atoms with van der Waals surface area (Å²) in [5.41, 5.74) is 11.0. The van der Waals surface area contributed by atoms with E-state index in [1.807, 2.05) is 0 Å². The summed E-state index contributed by atoms with van der Waals surface area (Å²) < 4.78 is 0. The van der Waals surface area contributed by atoms with Crippen LogP contribution in [0.3, 0.4) is 0 Å². The lowest BCUT2D eigenvalue weighted by molar-refractivity contribution is -0.133. The molecule has 2 heterocycles. The van der Waals surface area contributed by atoms with Gasteiger partial charge in [0.1, 0.15) is 11.9 Å². The molecule has 0 saturated carbocycles. The van der Waals surface area contributed by atoms with Gasteiger partial charge in [-0.15, -0.1) is 0 Å². The topological polar surface area (TPSA) is 140 Å². The molecule has 2 rings (SSSR count). The van der Waals surface area contributed by atoms with Gasteiger partial charge in [-0.1, -0.05) is 0 Å². The Balaban J connectivity index is 2.15. The molecule has 6 N–H and O–H groups in total. The minimum absolute atomic E-state index is 0.129. The molecule has 0 aliphatic carbocycles. The highest BCUT2D eigenvalue weighted by Gasteiger charge is 2.26. The summed E-state index contributed by atoms with van der Waals surface area (Å²) in [7, 11) is 0. The summed E-state index contributed by atoms with van der Waals surface area (Å²) in [5, 5.41) is 5.05. The number of hydrogen-bond donors (Lipinski definition) is 4. The molecule has 1 aliphatic heterocycles. The molecule has 1 aliphatic rings. The van der Waals surface area contributed by atoms with Crippen LogP contribution in [-0.4, -0.2) is 28.7 Å². The van der Waals surface area contributed by atoms with Crippen molar-refractivity contribution in [2.75, 3.05) is 11.1 Å². The van der Waals surface area contributed by atoms with Crippen molar-refractivity contribution < 1.29 is 14.4 Å². The highest BCUT2D eigenvalue weighted by atomic mass is 16.2. The molecule has 100 valence electrons. The Kier molecular flexibility index (Phi) is 3.32. The first-order chi connectivity index (χ1) is 8.97. The second-order valence-corrected chi connectivity index (χ2v) is 4.17. The molecule has 0 bridgehead atoms. The van der Waals surface area contributed by atoms with Crippen LogP contribution in [-0.2, 0) is 9.59 Å². The van der Waals surface area contributed by atoms with Crippen molar-refractivity contribution in [3.63, 3.8) is 0 Å². The maximum absolute atomic E-state index is 11.6. The fraction of sp³-hybridized carbons (Fsp3) is 0.273. The number of primary amides is 1. The summed E-state index contributed by atoms with van der Waals surface area (Å²) >= 11 is 0. The lowest BCUT2D eigenvalue weighted by atomic mass is 10.1. The molecule has 0 radical (unpaired) electrons. The zero-order chi connectivity index (χ0) is 14.0. The number of nitrogens with two attached hydrogens (primary N) is 2. The summed E-state index contributed by atoms with van der Waals surface area (Å²) in [6.45, 7) is 0. The molecule has 1 aromatic rings. The van der Waals surface area contributed by atoms with E-state index in [-0.39, 0.29) is 23.6 Å². The smallest absolute Gasteiger partial charge is 0.250 e. The van der Waals surface area contributed by atoms with E-state index in [2.05, 4.69) is 15.6 Å². The van der Waals surface area contributed by atoms with Gasteiger partial charge < -0.3 is 16.8 Å². The Morgan fingerprint density at radius 3 is 2.84 bits per heavy atom. The van der Waals surface area contributed by atoms with E-state index in [1.165, 1.54) is 12.3 Å². The van der Waals surface area contributed by atoms with Crippen molar-refractivity contribution in [1.82, 2.24) is 10.3 Å². The molecule has 1 unspecified atom stereocenters. The lowest BCUT2D eigenvalue weighted by Crippen LogP contribution is -2.47. The van der Waals surface area contributed by atoms with Gasteiger partial charge in [0.25, 0.3) is 5.91 Å². The van der Waals surface area contributed by atoms with Gasteiger partial charge in [-0.25, -0.2) is 4.98 Å². The molecule has 8 heteroatoms. The SMILES string of the molecule is NC(=O)c1cc(NC2CCC(=O)NC2=O)ncc1N. The Labute approximate surface area is 108 Å². The van der Waals surface area contributed by atoms with Crippen LogP contribution in [0.15, 0.2) is 12.3 Å². The quantitative estimate of drug-likeness (QED) is 0.514. The summed E-state index contributed by atoms with van der Waals surface area (Å²) in [6.07, 6.45) is 1.90. The number of imide groups is 1. The van der Waals surface area contributed by atoms with Crippen molar-refractivity contribution in [1.29, 1.82) is 0 Å². The van der Waals surface area contributed by atoms with Crippen molar-refractivity contribution in [2.45, 2.75) is 18.9 Å². The standard InChI is InChI=1S/C11H13N5O3/c12-6-4-14-8(3-5(6)10(13)18)15-7-1-2-9(17)16-11(7)19/h3-4,7H,1-2,12H2,(H2,13,18)(H,14,15)(H,16,17,19). The Bertz CT molecular complexity index is 557. The third kappa shape index (κ3) is 2.79. The third-order valence-electron chi connectivity index (χ3n) is 2.76. The van der Waals surface area contributed by atoms with E-state index >= 15 is 0 Å². The lowest BCUT2D eigenvalue weighted by Gasteiger charge is -2.22. The van der Waals surface area contributed by atoms with Crippen LogP contribution in [0.25, 0.3) is 0 Å². The maximum atomic E-state index is 11.6. The van der Waals surface area contributed by atoms with Gasteiger partial charge in [0.2, 0.25) is 11.8 Å². The number of nitrogens with one attached hydrogen (secondary N) is 2. The Hall–Kier alpha value is -2.64. The van der Waals surface area contributed by atoms with Gasteiger partial charge in [-0.3, -0.25) is 19.7 Å². The molecule has 0 aromatic carbocycles. The molecule has 3 amide bonds. The highest BCUT2D eigenvalue weighted by Crippen LogP contribution is 2.17. The van der Waals surface area contributed by atoms with Crippen molar-refractivity contribution in [3.8, 4) is 0 Å². The number of anilines is 2. The van der Waals surface area contributed by atoms with Gasteiger partial charge in [0.05, 0.1) is 17.4 Å². The van der Waals surface area contributed by atoms with Crippen molar-refractivity contribution in [2.24, 2.45) is 5.73 Å². The number of nitrogens with zero attached hydrogens (tertiary/aromatic N) is 1. The van der Waals surface area contributed by atoms with Crippen molar-refractivity contribution >= 4 is 29.2 Å². The van der Waals surface area contributed by atoms with Crippen LogP contribution in [0.4, 0.5) is 11.5 Å². The molecular formula is C11H13N5O3. The zero-order valence-corrected chi connectivity index (χ0v) is 9.97. The number of rotatable bonds is 3. The molecule has 1 fully saturated rings. The summed E-state index contributed by atoms with van der Waals surface area (Å²) in [4.78, 5) is 37.7. The number of pyridine rings is 1. The fourth-order valence-electron chi connectivity index (χ4n) is 1.77. The summed E-state index contributed by atoms with van der Waals surface area (Å²) in [5.74, 6) is -1.09. The number of amides is 3. The first-order valence-electron chi connectivity index (χ1n) is 5.63. The first kappa shape index (κ1) is 12.8. The second-order valence-electron chi connectivity index (χ2n) is 4.17. The van der Waals surface area contributed by atoms with Crippen LogP contribution in [0.5, 0.6) is 0 Å². The van der Waals surface area contributed by atoms with E-state index in [9.17, 15) is 14.4 Å². The monoisotopic (exact) mass is 263 g/mol. The number of nitrogen functional groups attached to an aromatic ring is 1. The van der Waals surface area contributed by atoms with E-state index in [1.54, 1.807) is 0 Å². The second kappa shape index (κ2) is 4.92. The van der Waals surface area contributed by atoms with Crippen LogP contribution in [0, 0.1) is 0 Å². The highest BCUT2D eigenvalue weighted by molar-refractivity contribution is 6.02. The Morgan fingerprint density at radius 1 is 1.47 bits per heavy atom. The third-order valence-corrected chi connectivity index (χ3v) is 2.76. The van der Waals surface area contributed by atoms with Gasteiger partial charge in [0, 0.05) is 6.42 Å². The summed E-state index contributed by atoms with van der Waals surface area (Å²) in [6, 6.07) is 0.802. The van der Waals surface area contributed by atoms with Gasteiger partial charge in [0.15, 0.2) is 0 Å². The molecule has 8 nitrogen and oxygen atoms in total. The van der Waals surface area contributed by atoms with E-state index in [4.69, 9.17) is 11.5 Å². The molecule has 19 heavy (non-hydrogen) atoms. The minimum atomic E-state index is -0.675. The predicted octanol–water partition coefficient (Wildman–Crippen LogP) is -1.02. The Morgan fingerprint density at radius 2 is 2.21 bits per heavy atom. The number of carbonyl (C=O) groups is 3. The van der Waals surface area contributed by atoms with Crippen LogP contribution < -0.4 is 22.1 Å². The molecule has 1 aromatic heterocycles. The van der Waals surface area contributed by atoms with Crippen molar-refractivity contribution in [3.05, 3.63) is 17.8 Å². The van der Waals surface area contributed by atoms with E-state index in [0.717, 1.165) is 0 Å². The number of hydrogen-bond acceptors (Lipinski definition) is 6. The largest absolute Gasteiger partial charge is 0.397 e. The minimum Gasteiger partial charge on any atom is -0.397 e. The normalized spacial score (nSPS) is 18.8. The average molecular weight is 263 g/mol. The molecular weight excluding hydrogens is 250 g/mol. The average Bonchev–Trinajstić information content (AvgIpc) is 2.34. The van der Waals surface area contributed by atoms with Crippen LogP contribution in [0.2, 0.25) is 0 Å². The van der Waals surface area contributed by atoms with Crippen LogP contribution in [0.1, 0.15) is 23.2 Å². The number of piperidine rings is 1. The van der Waals surface area contributed by atoms with E-state index in [0.29, 0.717) is 12.2 Å². The van der Waals surface area contributed by atoms with Gasteiger partial charge >= 0.3 is 0 Å². The van der Waals surface area contributed by atoms with Gasteiger partial charge in [-0.05, 0) is 12.5 Å². The van der Waals surface area contributed by atoms with Gasteiger partial charge in [-0.2, -0.15) is 0 Å². The zero-order valence-electron chi connectivity index (χ0n) is 9.97.